The van der Waals surface area contributed by atoms with Crippen LogP contribution in [0.4, 0.5) is 4.39 Å². The van der Waals surface area contributed by atoms with Gasteiger partial charge in [0.1, 0.15) is 5.82 Å². The smallest absolute Gasteiger partial charge is 0.303 e. The Bertz CT molecular complexity index is 494. The third-order valence-corrected chi connectivity index (χ3v) is 2.97. The van der Waals surface area contributed by atoms with E-state index in [9.17, 15) is 14.0 Å². The minimum absolute atomic E-state index is 0.0860. The van der Waals surface area contributed by atoms with Crippen molar-refractivity contribution < 1.29 is 19.1 Å². The molecule has 1 rings (SSSR count). The predicted octanol–water partition coefficient (Wildman–Crippen LogP) is 1.25. The highest BCUT2D eigenvalue weighted by Gasteiger charge is 2.14. The minimum Gasteiger partial charge on any atom is -0.481 e. The van der Waals surface area contributed by atoms with E-state index in [-0.39, 0.29) is 25.2 Å². The van der Waals surface area contributed by atoms with Crippen molar-refractivity contribution in [2.45, 2.75) is 39.3 Å². The summed E-state index contributed by atoms with van der Waals surface area (Å²) in [6.07, 6.45) is -0.0635. The Labute approximate surface area is 117 Å². The topological polar surface area (TPSA) is 92.4 Å². The number of rotatable bonds is 6. The van der Waals surface area contributed by atoms with Gasteiger partial charge in [-0.1, -0.05) is 12.1 Å². The van der Waals surface area contributed by atoms with Gasteiger partial charge in [0.05, 0.1) is 6.04 Å². The summed E-state index contributed by atoms with van der Waals surface area (Å²) in [5.74, 6) is -1.65. The number of carboxylic acid groups (broad SMARTS) is 1. The molecular formula is C14H19FN2O3. The predicted molar refractivity (Wildman–Crippen MR) is 72.6 cm³/mol. The molecule has 1 atom stereocenters. The van der Waals surface area contributed by atoms with Gasteiger partial charge in [0.25, 0.3) is 0 Å². The molecule has 1 unspecified atom stereocenters. The lowest BCUT2D eigenvalue weighted by atomic mass is 10.1. The Kier molecular flexibility index (Phi) is 5.64. The standard InChI is InChI=1S/C14H19FN2O3/c1-8-5-10(6-9(2)13(8)15)7-17-14(20)11(16)3-4-12(18)19/h5-6,11H,3-4,7,16H2,1-2H3,(H,17,20)(H,18,19). The zero-order chi connectivity index (χ0) is 15.3. The van der Waals surface area contributed by atoms with Gasteiger partial charge in [-0.2, -0.15) is 0 Å². The van der Waals surface area contributed by atoms with Gasteiger partial charge in [-0.05, 0) is 37.0 Å². The maximum atomic E-state index is 13.5. The maximum absolute atomic E-state index is 13.5. The van der Waals surface area contributed by atoms with E-state index in [1.54, 1.807) is 26.0 Å². The first-order valence-corrected chi connectivity index (χ1v) is 6.32. The number of hydrogen-bond donors (Lipinski definition) is 3. The quantitative estimate of drug-likeness (QED) is 0.732. The number of amides is 1. The van der Waals surface area contributed by atoms with Crippen molar-refractivity contribution in [2.24, 2.45) is 5.73 Å². The highest BCUT2D eigenvalue weighted by Crippen LogP contribution is 2.14. The van der Waals surface area contributed by atoms with Gasteiger partial charge in [0.15, 0.2) is 0 Å². The van der Waals surface area contributed by atoms with Crippen LogP contribution in [0.2, 0.25) is 0 Å². The van der Waals surface area contributed by atoms with Crippen LogP contribution >= 0.6 is 0 Å². The van der Waals surface area contributed by atoms with Crippen molar-refractivity contribution in [3.05, 3.63) is 34.6 Å². The normalized spacial score (nSPS) is 12.0. The van der Waals surface area contributed by atoms with Gasteiger partial charge in [-0.15, -0.1) is 0 Å². The lowest BCUT2D eigenvalue weighted by molar-refractivity contribution is -0.137. The second-order valence-electron chi connectivity index (χ2n) is 4.80. The van der Waals surface area contributed by atoms with E-state index in [4.69, 9.17) is 10.8 Å². The number of hydrogen-bond acceptors (Lipinski definition) is 3. The summed E-state index contributed by atoms with van der Waals surface area (Å²) in [5, 5.41) is 11.1. The van der Waals surface area contributed by atoms with Gasteiger partial charge < -0.3 is 16.2 Å². The molecule has 5 nitrogen and oxygen atoms in total. The van der Waals surface area contributed by atoms with Crippen molar-refractivity contribution in [1.82, 2.24) is 5.32 Å². The Hall–Kier alpha value is -1.95. The molecule has 6 heteroatoms. The lowest BCUT2D eigenvalue weighted by Crippen LogP contribution is -2.40. The number of nitrogens with two attached hydrogens (primary N) is 1. The van der Waals surface area contributed by atoms with Crippen LogP contribution in [0, 0.1) is 19.7 Å². The molecular weight excluding hydrogens is 263 g/mol. The molecule has 0 bridgehead atoms. The molecule has 0 spiro atoms. The van der Waals surface area contributed by atoms with Gasteiger partial charge in [-0.3, -0.25) is 9.59 Å². The summed E-state index contributed by atoms with van der Waals surface area (Å²) in [6, 6.07) is 2.46. The summed E-state index contributed by atoms with van der Waals surface area (Å²) in [4.78, 5) is 22.1. The Morgan fingerprint density at radius 1 is 1.35 bits per heavy atom. The summed E-state index contributed by atoms with van der Waals surface area (Å²) in [5.41, 5.74) is 7.39. The molecule has 20 heavy (non-hydrogen) atoms. The van der Waals surface area contributed by atoms with Gasteiger partial charge >= 0.3 is 5.97 Å². The lowest BCUT2D eigenvalue weighted by Gasteiger charge is -2.12. The molecule has 1 aromatic carbocycles. The largest absolute Gasteiger partial charge is 0.481 e. The van der Waals surface area contributed by atoms with E-state index in [1.165, 1.54) is 0 Å². The number of aliphatic carboxylic acids is 1. The molecule has 0 aliphatic rings. The molecule has 0 saturated carbocycles. The molecule has 0 saturated heterocycles. The first kappa shape index (κ1) is 16.1. The molecule has 110 valence electrons. The van der Waals surface area contributed by atoms with Crippen molar-refractivity contribution >= 4 is 11.9 Å². The molecule has 1 amide bonds. The van der Waals surface area contributed by atoms with Gasteiger partial charge in [0, 0.05) is 13.0 Å². The number of aryl methyl sites for hydroxylation is 2. The summed E-state index contributed by atoms with van der Waals surface area (Å²) >= 11 is 0. The Morgan fingerprint density at radius 2 is 1.90 bits per heavy atom. The minimum atomic E-state index is -0.988. The van der Waals surface area contributed by atoms with Crippen LogP contribution in [0.25, 0.3) is 0 Å². The van der Waals surface area contributed by atoms with Crippen molar-refractivity contribution in [3.8, 4) is 0 Å². The third kappa shape index (κ3) is 4.62. The van der Waals surface area contributed by atoms with E-state index < -0.39 is 17.9 Å². The third-order valence-electron chi connectivity index (χ3n) is 2.97. The fourth-order valence-corrected chi connectivity index (χ4v) is 1.87. The fraction of sp³-hybridized carbons (Fsp3) is 0.429. The van der Waals surface area contributed by atoms with E-state index in [2.05, 4.69) is 5.32 Å². The summed E-state index contributed by atoms with van der Waals surface area (Å²) in [7, 11) is 0. The van der Waals surface area contributed by atoms with E-state index in [0.29, 0.717) is 11.1 Å². The number of nitrogens with one attached hydrogen (secondary N) is 1. The monoisotopic (exact) mass is 282 g/mol. The van der Waals surface area contributed by atoms with Gasteiger partial charge in [-0.25, -0.2) is 4.39 Å². The number of carboxylic acids is 1. The van der Waals surface area contributed by atoms with Crippen LogP contribution in [0.3, 0.4) is 0 Å². The second-order valence-corrected chi connectivity index (χ2v) is 4.80. The fourth-order valence-electron chi connectivity index (χ4n) is 1.87. The van der Waals surface area contributed by atoms with Crippen LogP contribution in [0.5, 0.6) is 0 Å². The van der Waals surface area contributed by atoms with Gasteiger partial charge in [0.2, 0.25) is 5.91 Å². The molecule has 0 fully saturated rings. The zero-order valence-corrected chi connectivity index (χ0v) is 11.6. The maximum Gasteiger partial charge on any atom is 0.303 e. The van der Waals surface area contributed by atoms with Crippen LogP contribution < -0.4 is 11.1 Å². The molecule has 0 aliphatic carbocycles. The Morgan fingerprint density at radius 3 is 2.40 bits per heavy atom. The molecule has 1 aromatic rings. The first-order valence-electron chi connectivity index (χ1n) is 6.32. The average Bonchev–Trinajstić information content (AvgIpc) is 2.39. The number of benzene rings is 1. The summed E-state index contributed by atoms with van der Waals surface area (Å²) < 4.78 is 13.5. The van der Waals surface area contributed by atoms with Crippen LogP contribution in [-0.4, -0.2) is 23.0 Å². The van der Waals surface area contributed by atoms with Crippen molar-refractivity contribution in [3.63, 3.8) is 0 Å². The first-order chi connectivity index (χ1) is 9.31. The van der Waals surface area contributed by atoms with Crippen LogP contribution in [-0.2, 0) is 16.1 Å². The van der Waals surface area contributed by atoms with E-state index >= 15 is 0 Å². The number of carbonyl (C=O) groups excluding carboxylic acids is 1. The zero-order valence-electron chi connectivity index (χ0n) is 11.6. The van der Waals surface area contributed by atoms with Crippen LogP contribution in [0.1, 0.15) is 29.5 Å². The Balaban J connectivity index is 2.54. The summed E-state index contributed by atoms with van der Waals surface area (Å²) in [6.45, 7) is 3.56. The number of carbonyl (C=O) groups is 2. The molecule has 0 aromatic heterocycles. The molecule has 0 radical (unpaired) electrons. The SMILES string of the molecule is Cc1cc(CNC(=O)C(N)CCC(=O)O)cc(C)c1F. The molecule has 4 N–H and O–H groups in total. The van der Waals surface area contributed by atoms with Crippen LogP contribution in [0.15, 0.2) is 12.1 Å². The highest BCUT2D eigenvalue weighted by molar-refractivity contribution is 5.82. The van der Waals surface area contributed by atoms with Crippen molar-refractivity contribution in [2.75, 3.05) is 0 Å². The second kappa shape index (κ2) is 7.00. The molecule has 0 aliphatic heterocycles. The van der Waals surface area contributed by atoms with E-state index in [0.717, 1.165) is 5.56 Å². The average molecular weight is 282 g/mol. The number of halogens is 1. The van der Waals surface area contributed by atoms with Crippen molar-refractivity contribution in [1.29, 1.82) is 0 Å². The molecule has 0 heterocycles. The highest BCUT2D eigenvalue weighted by atomic mass is 19.1. The van der Waals surface area contributed by atoms with E-state index in [1.807, 2.05) is 0 Å².